The Bertz CT molecular complexity index is 3800. The van der Waals surface area contributed by atoms with Gasteiger partial charge >= 0.3 is 0 Å². The van der Waals surface area contributed by atoms with Crippen LogP contribution in [0.3, 0.4) is 0 Å². The lowest BCUT2D eigenvalue weighted by Crippen LogP contribution is -2.11. The maximum atomic E-state index is 9.46. The molecule has 4 heterocycles. The summed E-state index contributed by atoms with van der Waals surface area (Å²) in [4.78, 5) is 4.71. The molecule has 0 saturated heterocycles. The maximum Gasteiger partial charge on any atom is 0.236 e. The predicted octanol–water partition coefficient (Wildman–Crippen LogP) is 14.6. The number of hydrogen-bond donors (Lipinski definition) is 0. The third kappa shape index (κ3) is 4.24. The van der Waals surface area contributed by atoms with Crippen LogP contribution in [0.15, 0.2) is 200 Å². The van der Waals surface area contributed by atoms with Crippen molar-refractivity contribution >= 4 is 92.9 Å². The second kappa shape index (κ2) is 12.3. The van der Waals surface area contributed by atoms with E-state index in [4.69, 9.17) is 4.85 Å². The van der Waals surface area contributed by atoms with Crippen LogP contribution in [0, 0.1) is 6.57 Å². The van der Waals surface area contributed by atoms with E-state index in [0.29, 0.717) is 5.69 Å². The molecule has 60 heavy (non-hydrogen) atoms. The van der Waals surface area contributed by atoms with Crippen LogP contribution in [0.1, 0.15) is 0 Å². The van der Waals surface area contributed by atoms with Crippen LogP contribution in [0.2, 0.25) is 0 Å². The van der Waals surface area contributed by atoms with Crippen molar-refractivity contribution < 1.29 is 0 Å². The van der Waals surface area contributed by atoms with E-state index in [-0.39, 0.29) is 0 Å². The number of hydrogen-bond acceptors (Lipinski definition) is 0. The Morgan fingerprint density at radius 1 is 0.283 bits per heavy atom. The van der Waals surface area contributed by atoms with Gasteiger partial charge in [-0.3, -0.25) is 0 Å². The molecule has 5 heteroatoms. The molecule has 13 aromatic rings. The Labute approximate surface area is 344 Å². The van der Waals surface area contributed by atoms with Crippen LogP contribution in [-0.4, -0.2) is 18.3 Å². The summed E-state index contributed by atoms with van der Waals surface area (Å²) in [5.41, 5.74) is 12.7. The summed E-state index contributed by atoms with van der Waals surface area (Å²) in [6.07, 6.45) is 0. The van der Waals surface area contributed by atoms with Gasteiger partial charge in [-0.1, -0.05) is 146 Å². The minimum absolute atomic E-state index is 0.581. The van der Waals surface area contributed by atoms with Gasteiger partial charge in [0.05, 0.1) is 67.8 Å². The van der Waals surface area contributed by atoms with Crippen molar-refractivity contribution in [3.8, 4) is 22.7 Å². The van der Waals surface area contributed by atoms with E-state index >= 15 is 0 Å². The topological polar surface area (TPSA) is 24.1 Å². The normalized spacial score (nSPS) is 12.0. The monoisotopic (exact) mass is 763 g/mol. The first kappa shape index (κ1) is 32.7. The van der Waals surface area contributed by atoms with Gasteiger partial charge in [0, 0.05) is 48.8 Å². The van der Waals surface area contributed by atoms with Crippen molar-refractivity contribution in [3.05, 3.63) is 212 Å². The molecule has 5 nitrogen and oxygen atoms in total. The molecule has 278 valence electrons. The van der Waals surface area contributed by atoms with E-state index in [0.717, 1.165) is 99.2 Å². The van der Waals surface area contributed by atoms with E-state index in [1.807, 2.05) is 0 Å². The zero-order valence-electron chi connectivity index (χ0n) is 32.3. The lowest BCUT2D eigenvalue weighted by molar-refractivity contribution is 1.06. The molecule has 0 bridgehead atoms. The number of rotatable bonds is 4. The summed E-state index contributed by atoms with van der Waals surface area (Å²) in [5.74, 6) is 0. The van der Waals surface area contributed by atoms with Gasteiger partial charge in [-0.25, -0.2) is 4.85 Å². The molecule has 0 aliphatic rings. The molecule has 0 spiro atoms. The highest BCUT2D eigenvalue weighted by molar-refractivity contribution is 6.24. The van der Waals surface area contributed by atoms with E-state index in [9.17, 15) is 6.57 Å². The minimum Gasteiger partial charge on any atom is -0.319 e. The Balaban J connectivity index is 1.43. The predicted molar refractivity (Wildman–Crippen MR) is 250 cm³/mol. The summed E-state index contributed by atoms with van der Waals surface area (Å²) < 4.78 is 9.63. The van der Waals surface area contributed by atoms with Crippen molar-refractivity contribution in [2.45, 2.75) is 0 Å². The van der Waals surface area contributed by atoms with Crippen LogP contribution in [0.25, 0.3) is 115 Å². The summed E-state index contributed by atoms with van der Waals surface area (Å²) in [6, 6.07) is 71.4. The third-order valence-electron chi connectivity index (χ3n) is 12.5. The van der Waals surface area contributed by atoms with Gasteiger partial charge in [0.25, 0.3) is 0 Å². The first-order valence-electron chi connectivity index (χ1n) is 20.3. The van der Waals surface area contributed by atoms with Gasteiger partial charge < -0.3 is 18.3 Å². The summed E-state index contributed by atoms with van der Waals surface area (Å²) in [5, 5.41) is 9.04. The molecule has 0 amide bonds. The molecule has 0 atom stereocenters. The van der Waals surface area contributed by atoms with Gasteiger partial charge in [-0.2, -0.15) is 0 Å². The maximum absolute atomic E-state index is 9.46. The Hall–Kier alpha value is -8.33. The molecule has 0 aliphatic heterocycles. The van der Waals surface area contributed by atoms with E-state index in [1.165, 1.54) is 10.8 Å². The number of para-hydroxylation sites is 8. The quantitative estimate of drug-likeness (QED) is 0.159. The molecule has 0 radical (unpaired) electrons. The van der Waals surface area contributed by atoms with Gasteiger partial charge in [-0.05, 0) is 54.6 Å². The highest BCUT2D eigenvalue weighted by Gasteiger charge is 2.33. The van der Waals surface area contributed by atoms with Gasteiger partial charge in [0.1, 0.15) is 0 Å². The zero-order valence-corrected chi connectivity index (χ0v) is 32.3. The van der Waals surface area contributed by atoms with Crippen molar-refractivity contribution in [1.29, 1.82) is 0 Å². The fourth-order valence-electron chi connectivity index (χ4n) is 10.2. The van der Waals surface area contributed by atoms with E-state index < -0.39 is 0 Å². The number of fused-ring (bicyclic) bond motifs is 12. The molecule has 0 N–H and O–H groups in total. The molecular weight excluding hydrogens is 731 g/mol. The summed E-state index contributed by atoms with van der Waals surface area (Å²) in [6.45, 7) is 9.46. The second-order valence-corrected chi connectivity index (χ2v) is 15.5. The zero-order chi connectivity index (χ0) is 39.5. The van der Waals surface area contributed by atoms with Crippen molar-refractivity contribution in [1.82, 2.24) is 18.3 Å². The third-order valence-corrected chi connectivity index (χ3v) is 12.5. The lowest BCUT2D eigenvalue weighted by Gasteiger charge is -2.25. The van der Waals surface area contributed by atoms with Gasteiger partial charge in [0.2, 0.25) is 5.69 Å². The minimum atomic E-state index is 0.581. The highest BCUT2D eigenvalue weighted by Crippen LogP contribution is 2.53. The number of nitrogens with zero attached hydrogens (tertiary/aromatic N) is 5. The number of benzene rings is 9. The van der Waals surface area contributed by atoms with E-state index in [2.05, 4.69) is 218 Å². The fourth-order valence-corrected chi connectivity index (χ4v) is 10.2. The molecule has 4 aromatic heterocycles. The first-order valence-corrected chi connectivity index (χ1v) is 20.3. The molecular formula is C55H33N5. The standard InChI is InChI=1S/C55H33N5/c1-56-51-52-50(42-27-11-18-34-49(42)57(52)35-19-3-2-4-20-35)53(58-43-28-12-5-21-36(43)37-22-6-13-29-44(37)58)55(60-47-32-16-9-25-40(47)41-26-10-17-33-48(41)60)54(51)59-45-30-14-7-23-38(45)39-24-8-15-31-46(39)59/h2-34H. The largest absolute Gasteiger partial charge is 0.319 e. The second-order valence-electron chi connectivity index (χ2n) is 15.5. The number of aromatic nitrogens is 4. The summed E-state index contributed by atoms with van der Waals surface area (Å²) >= 11 is 0. The first-order chi connectivity index (χ1) is 29.8. The van der Waals surface area contributed by atoms with Crippen molar-refractivity contribution in [2.24, 2.45) is 0 Å². The fraction of sp³-hybridized carbons (Fsp3) is 0. The Morgan fingerprint density at radius 2 is 0.583 bits per heavy atom. The van der Waals surface area contributed by atoms with E-state index in [1.54, 1.807) is 0 Å². The van der Waals surface area contributed by atoms with Gasteiger partial charge in [-0.15, -0.1) is 0 Å². The molecule has 0 aliphatic carbocycles. The smallest absolute Gasteiger partial charge is 0.236 e. The van der Waals surface area contributed by atoms with Crippen LogP contribution in [0.5, 0.6) is 0 Å². The van der Waals surface area contributed by atoms with Crippen molar-refractivity contribution in [2.75, 3.05) is 0 Å². The van der Waals surface area contributed by atoms with Crippen LogP contribution < -0.4 is 0 Å². The highest BCUT2D eigenvalue weighted by atomic mass is 15.1. The van der Waals surface area contributed by atoms with Gasteiger partial charge in [0.15, 0.2) is 0 Å². The average Bonchev–Trinajstić information content (AvgIpc) is 4.04. The molecule has 0 fully saturated rings. The SMILES string of the molecule is [C-]#[N+]c1c(-n2c3ccccc3c3ccccc32)c(-n2c3ccccc3c3ccccc32)c(-n2c3ccccc3c3ccccc32)c2c3ccccc3n(-c3ccccc3)c12. The Kier molecular flexibility index (Phi) is 6.73. The molecule has 13 rings (SSSR count). The van der Waals surface area contributed by atoms with Crippen LogP contribution >= 0.6 is 0 Å². The molecule has 0 saturated carbocycles. The van der Waals surface area contributed by atoms with Crippen LogP contribution in [0.4, 0.5) is 5.69 Å². The average molecular weight is 764 g/mol. The molecule has 0 unspecified atom stereocenters. The lowest BCUT2D eigenvalue weighted by atomic mass is 10.0. The van der Waals surface area contributed by atoms with Crippen molar-refractivity contribution in [3.63, 3.8) is 0 Å². The molecule has 9 aromatic carbocycles. The Morgan fingerprint density at radius 3 is 0.967 bits per heavy atom. The summed E-state index contributed by atoms with van der Waals surface area (Å²) in [7, 11) is 0. The van der Waals surface area contributed by atoms with Crippen LogP contribution in [-0.2, 0) is 0 Å².